The van der Waals surface area contributed by atoms with Gasteiger partial charge in [-0.25, -0.2) is 4.98 Å². The average molecular weight is 247 g/mol. The van der Waals surface area contributed by atoms with E-state index in [1.54, 1.807) is 0 Å². The van der Waals surface area contributed by atoms with Crippen LogP contribution in [0.25, 0.3) is 0 Å². The summed E-state index contributed by atoms with van der Waals surface area (Å²) in [6.07, 6.45) is 5.70. The number of aromatic nitrogens is 1. The quantitative estimate of drug-likeness (QED) is 0.889. The standard InChI is InChI=1S/C15H25N3/c1-12(2)14-3-4-15(17-11-14)18-9-6-13(5-8-16)7-10-18/h3-4,11-13H,5-10,16H2,1-2H3. The summed E-state index contributed by atoms with van der Waals surface area (Å²) in [5.74, 6) is 2.51. The van der Waals surface area contributed by atoms with E-state index in [0.29, 0.717) is 5.92 Å². The van der Waals surface area contributed by atoms with E-state index in [9.17, 15) is 0 Å². The van der Waals surface area contributed by atoms with E-state index in [4.69, 9.17) is 5.73 Å². The Morgan fingerprint density at radius 1 is 1.33 bits per heavy atom. The summed E-state index contributed by atoms with van der Waals surface area (Å²) >= 11 is 0. The second-order valence-electron chi connectivity index (χ2n) is 5.61. The van der Waals surface area contributed by atoms with E-state index >= 15 is 0 Å². The van der Waals surface area contributed by atoms with Crippen LogP contribution in [0.5, 0.6) is 0 Å². The van der Waals surface area contributed by atoms with Crippen molar-refractivity contribution < 1.29 is 0 Å². The van der Waals surface area contributed by atoms with Crippen molar-refractivity contribution in [3.8, 4) is 0 Å². The summed E-state index contributed by atoms with van der Waals surface area (Å²) in [4.78, 5) is 7.00. The van der Waals surface area contributed by atoms with Gasteiger partial charge in [0, 0.05) is 19.3 Å². The van der Waals surface area contributed by atoms with Crippen LogP contribution in [0.15, 0.2) is 18.3 Å². The minimum absolute atomic E-state index is 0.557. The summed E-state index contributed by atoms with van der Waals surface area (Å²) < 4.78 is 0. The van der Waals surface area contributed by atoms with Gasteiger partial charge in [0.25, 0.3) is 0 Å². The molecule has 0 unspecified atom stereocenters. The van der Waals surface area contributed by atoms with Crippen LogP contribution in [0.3, 0.4) is 0 Å². The van der Waals surface area contributed by atoms with Crippen molar-refractivity contribution in [1.29, 1.82) is 0 Å². The van der Waals surface area contributed by atoms with Gasteiger partial charge in [0.15, 0.2) is 0 Å². The smallest absolute Gasteiger partial charge is 0.128 e. The first kappa shape index (κ1) is 13.3. The molecule has 3 heteroatoms. The van der Waals surface area contributed by atoms with Gasteiger partial charge in [0.05, 0.1) is 0 Å². The maximum absolute atomic E-state index is 5.62. The molecule has 0 saturated carbocycles. The number of piperidine rings is 1. The Kier molecular flexibility index (Phi) is 4.59. The monoisotopic (exact) mass is 247 g/mol. The summed E-state index contributed by atoms with van der Waals surface area (Å²) in [5.41, 5.74) is 6.94. The average Bonchev–Trinajstić information content (AvgIpc) is 2.40. The fraction of sp³-hybridized carbons (Fsp3) is 0.667. The van der Waals surface area contributed by atoms with Gasteiger partial charge in [0.2, 0.25) is 0 Å². The van der Waals surface area contributed by atoms with Crippen molar-refractivity contribution >= 4 is 5.82 Å². The highest BCUT2D eigenvalue weighted by Gasteiger charge is 2.19. The number of rotatable bonds is 4. The fourth-order valence-corrected chi connectivity index (χ4v) is 2.61. The van der Waals surface area contributed by atoms with Crippen LogP contribution in [-0.4, -0.2) is 24.6 Å². The first-order valence-electron chi connectivity index (χ1n) is 7.11. The van der Waals surface area contributed by atoms with Crippen LogP contribution in [0.1, 0.15) is 44.6 Å². The van der Waals surface area contributed by atoms with Crippen LogP contribution in [0.4, 0.5) is 5.82 Å². The lowest BCUT2D eigenvalue weighted by Crippen LogP contribution is -2.34. The lowest BCUT2D eigenvalue weighted by molar-refractivity contribution is 0.385. The van der Waals surface area contributed by atoms with Gasteiger partial charge in [-0.15, -0.1) is 0 Å². The minimum atomic E-state index is 0.557. The zero-order valence-electron chi connectivity index (χ0n) is 11.6. The Bertz CT molecular complexity index is 351. The molecule has 100 valence electrons. The number of pyridine rings is 1. The molecule has 0 atom stereocenters. The number of nitrogens with zero attached hydrogens (tertiary/aromatic N) is 2. The second-order valence-corrected chi connectivity index (χ2v) is 5.61. The zero-order chi connectivity index (χ0) is 13.0. The number of nitrogens with two attached hydrogens (primary N) is 1. The molecule has 1 fully saturated rings. The second kappa shape index (κ2) is 6.19. The molecule has 1 saturated heterocycles. The van der Waals surface area contributed by atoms with Crippen molar-refractivity contribution in [2.24, 2.45) is 11.7 Å². The molecule has 0 bridgehead atoms. The van der Waals surface area contributed by atoms with E-state index < -0.39 is 0 Å². The highest BCUT2D eigenvalue weighted by atomic mass is 15.2. The van der Waals surface area contributed by atoms with Gasteiger partial charge in [-0.05, 0) is 49.3 Å². The number of anilines is 1. The van der Waals surface area contributed by atoms with Gasteiger partial charge in [0.1, 0.15) is 5.82 Å². The Balaban J connectivity index is 1.93. The number of hydrogen-bond acceptors (Lipinski definition) is 3. The summed E-state index contributed by atoms with van der Waals surface area (Å²) in [6, 6.07) is 4.37. The predicted molar refractivity (Wildman–Crippen MR) is 76.9 cm³/mol. The van der Waals surface area contributed by atoms with E-state index in [1.165, 1.54) is 24.8 Å². The maximum atomic E-state index is 5.62. The molecule has 2 heterocycles. The fourth-order valence-electron chi connectivity index (χ4n) is 2.61. The molecule has 0 spiro atoms. The third-order valence-electron chi connectivity index (χ3n) is 3.95. The largest absolute Gasteiger partial charge is 0.357 e. The molecule has 0 aromatic carbocycles. The molecule has 1 aromatic rings. The van der Waals surface area contributed by atoms with Crippen LogP contribution >= 0.6 is 0 Å². The molecular formula is C15H25N3. The van der Waals surface area contributed by atoms with Crippen molar-refractivity contribution in [1.82, 2.24) is 4.98 Å². The topological polar surface area (TPSA) is 42.1 Å². The van der Waals surface area contributed by atoms with Gasteiger partial charge in [-0.1, -0.05) is 19.9 Å². The molecule has 1 aliphatic rings. The zero-order valence-corrected chi connectivity index (χ0v) is 11.6. The maximum Gasteiger partial charge on any atom is 0.128 e. The van der Waals surface area contributed by atoms with Crippen molar-refractivity contribution in [3.63, 3.8) is 0 Å². The molecule has 2 N–H and O–H groups in total. The Morgan fingerprint density at radius 2 is 2.06 bits per heavy atom. The van der Waals surface area contributed by atoms with Crippen LogP contribution in [-0.2, 0) is 0 Å². The number of hydrogen-bond donors (Lipinski definition) is 1. The molecule has 18 heavy (non-hydrogen) atoms. The Morgan fingerprint density at radius 3 is 2.56 bits per heavy atom. The molecule has 1 aromatic heterocycles. The summed E-state index contributed by atoms with van der Waals surface area (Å²) in [7, 11) is 0. The van der Waals surface area contributed by atoms with E-state index in [0.717, 1.165) is 31.4 Å². The SMILES string of the molecule is CC(C)c1ccc(N2CCC(CCN)CC2)nc1. The van der Waals surface area contributed by atoms with Crippen LogP contribution in [0.2, 0.25) is 0 Å². The third-order valence-corrected chi connectivity index (χ3v) is 3.95. The summed E-state index contributed by atoms with van der Waals surface area (Å²) in [6.45, 7) is 7.48. The minimum Gasteiger partial charge on any atom is -0.357 e. The van der Waals surface area contributed by atoms with E-state index in [-0.39, 0.29) is 0 Å². The molecule has 0 aliphatic carbocycles. The van der Waals surface area contributed by atoms with Crippen molar-refractivity contribution in [2.45, 2.75) is 39.0 Å². The first-order chi connectivity index (χ1) is 8.70. The lowest BCUT2D eigenvalue weighted by atomic mass is 9.93. The third kappa shape index (κ3) is 3.22. The first-order valence-corrected chi connectivity index (χ1v) is 7.11. The summed E-state index contributed by atoms with van der Waals surface area (Å²) in [5, 5.41) is 0. The lowest BCUT2D eigenvalue weighted by Gasteiger charge is -2.32. The van der Waals surface area contributed by atoms with Crippen molar-refractivity contribution in [3.05, 3.63) is 23.9 Å². The van der Waals surface area contributed by atoms with Gasteiger partial charge >= 0.3 is 0 Å². The highest BCUT2D eigenvalue weighted by Crippen LogP contribution is 2.24. The highest BCUT2D eigenvalue weighted by molar-refractivity contribution is 5.40. The van der Waals surface area contributed by atoms with Crippen LogP contribution < -0.4 is 10.6 Å². The van der Waals surface area contributed by atoms with Crippen molar-refractivity contribution in [2.75, 3.05) is 24.5 Å². The Hall–Kier alpha value is -1.09. The molecule has 2 rings (SSSR count). The van der Waals surface area contributed by atoms with Crippen LogP contribution in [0, 0.1) is 5.92 Å². The van der Waals surface area contributed by atoms with E-state index in [2.05, 4.69) is 35.9 Å². The molecule has 0 amide bonds. The molecule has 1 aliphatic heterocycles. The molecular weight excluding hydrogens is 222 g/mol. The van der Waals surface area contributed by atoms with Gasteiger partial charge < -0.3 is 10.6 Å². The normalized spacial score (nSPS) is 17.4. The Labute approximate surface area is 110 Å². The van der Waals surface area contributed by atoms with Gasteiger partial charge in [-0.3, -0.25) is 0 Å². The van der Waals surface area contributed by atoms with Gasteiger partial charge in [-0.2, -0.15) is 0 Å². The predicted octanol–water partition coefficient (Wildman–Crippen LogP) is 2.77. The van der Waals surface area contributed by atoms with E-state index in [1.807, 2.05) is 6.20 Å². The molecule has 3 nitrogen and oxygen atoms in total. The molecule has 0 radical (unpaired) electrons.